The van der Waals surface area contributed by atoms with Crippen molar-refractivity contribution in [2.45, 2.75) is 9.92 Å². The second-order valence-corrected chi connectivity index (χ2v) is 5.51. The van der Waals surface area contributed by atoms with Crippen LogP contribution in [0, 0.1) is 20.2 Å². The molecule has 11 heteroatoms. The van der Waals surface area contributed by atoms with Crippen LogP contribution < -0.4 is 0 Å². The van der Waals surface area contributed by atoms with E-state index in [1.165, 1.54) is 18.5 Å². The normalized spacial score (nSPS) is 10.8. The zero-order chi connectivity index (χ0) is 16.6. The highest BCUT2D eigenvalue weighted by molar-refractivity contribution is 7.99. The number of nitro groups is 2. The molecule has 0 aliphatic heterocycles. The average molecular weight is 332 g/mol. The molecule has 0 saturated heterocycles. The average Bonchev–Trinajstić information content (AvgIpc) is 2.90. The van der Waals surface area contributed by atoms with Crippen LogP contribution in [-0.4, -0.2) is 29.4 Å². The summed E-state index contributed by atoms with van der Waals surface area (Å²) in [7, 11) is 1.77. The van der Waals surface area contributed by atoms with E-state index >= 15 is 0 Å². The van der Waals surface area contributed by atoms with Gasteiger partial charge >= 0.3 is 0 Å². The molecule has 0 radical (unpaired) electrons. The van der Waals surface area contributed by atoms with Gasteiger partial charge in [-0.1, -0.05) is 11.8 Å². The Morgan fingerprint density at radius 1 is 1.13 bits per heavy atom. The maximum atomic E-state index is 11.2. The predicted octanol–water partition coefficient (Wildman–Crippen LogP) is 2.33. The summed E-state index contributed by atoms with van der Waals surface area (Å²) in [5.41, 5.74) is 0.401. The first-order valence-electron chi connectivity index (χ1n) is 6.20. The molecule has 116 valence electrons. The molecule has 0 saturated carbocycles. The summed E-state index contributed by atoms with van der Waals surface area (Å²) in [6.07, 6.45) is 2.90. The highest BCUT2D eigenvalue weighted by Crippen LogP contribution is 2.37. The highest BCUT2D eigenvalue weighted by Gasteiger charge is 2.22. The minimum absolute atomic E-state index is 0.242. The van der Waals surface area contributed by atoms with Crippen LogP contribution in [0.3, 0.4) is 0 Å². The van der Waals surface area contributed by atoms with Crippen LogP contribution in [0.5, 0.6) is 0 Å². The van der Waals surface area contributed by atoms with Crippen molar-refractivity contribution in [3.63, 3.8) is 0 Å². The lowest BCUT2D eigenvalue weighted by molar-refractivity contribution is -0.396. The third-order valence-electron chi connectivity index (χ3n) is 3.02. The zero-order valence-corrected chi connectivity index (χ0v) is 12.4. The van der Waals surface area contributed by atoms with Gasteiger partial charge in [0.2, 0.25) is 0 Å². The standard InChI is InChI=1S/C12H8N6O4S/c1-16-6-15-10-11(16)13-5-14-12(10)23-9-3-2-7(17(19)20)4-8(9)18(21)22/h2-6H,1H3. The molecular formula is C12H8N6O4S. The summed E-state index contributed by atoms with van der Waals surface area (Å²) < 4.78 is 1.70. The SMILES string of the molecule is Cn1cnc2c(Sc3ccc([N+](=O)[O-])cc3[N+](=O)[O-])ncnc21. The lowest BCUT2D eigenvalue weighted by Gasteiger charge is -2.03. The first kappa shape index (κ1) is 14.8. The highest BCUT2D eigenvalue weighted by atomic mass is 32.2. The number of nitro benzene ring substituents is 2. The van der Waals surface area contributed by atoms with E-state index in [-0.39, 0.29) is 16.3 Å². The summed E-state index contributed by atoms with van der Waals surface area (Å²) in [4.78, 5) is 33.2. The van der Waals surface area contributed by atoms with E-state index in [1.54, 1.807) is 17.9 Å². The van der Waals surface area contributed by atoms with E-state index in [1.807, 2.05) is 0 Å². The molecule has 2 aromatic heterocycles. The van der Waals surface area contributed by atoms with Crippen LogP contribution in [0.15, 0.2) is 40.8 Å². The van der Waals surface area contributed by atoms with Crippen molar-refractivity contribution < 1.29 is 9.85 Å². The Bertz CT molecular complexity index is 940. The molecule has 0 bridgehead atoms. The lowest BCUT2D eigenvalue weighted by Crippen LogP contribution is -1.95. The van der Waals surface area contributed by atoms with Gasteiger partial charge in [0.1, 0.15) is 16.9 Å². The largest absolute Gasteiger partial charge is 0.318 e. The summed E-state index contributed by atoms with van der Waals surface area (Å²) >= 11 is 1.01. The third kappa shape index (κ3) is 2.68. The summed E-state index contributed by atoms with van der Waals surface area (Å²) in [5, 5.41) is 22.4. The van der Waals surface area contributed by atoms with E-state index in [4.69, 9.17) is 0 Å². The molecule has 3 rings (SSSR count). The molecule has 1 aromatic carbocycles. The Kier molecular flexibility index (Phi) is 3.62. The van der Waals surface area contributed by atoms with Gasteiger partial charge < -0.3 is 4.57 Å². The van der Waals surface area contributed by atoms with Crippen molar-refractivity contribution in [2.24, 2.45) is 7.05 Å². The van der Waals surface area contributed by atoms with Crippen molar-refractivity contribution >= 4 is 34.3 Å². The molecule has 0 N–H and O–H groups in total. The van der Waals surface area contributed by atoms with Crippen LogP contribution in [0.25, 0.3) is 11.2 Å². The number of aryl methyl sites for hydroxylation is 1. The Morgan fingerprint density at radius 2 is 1.91 bits per heavy atom. The van der Waals surface area contributed by atoms with Crippen LogP contribution in [0.4, 0.5) is 11.4 Å². The van der Waals surface area contributed by atoms with E-state index < -0.39 is 9.85 Å². The molecule has 10 nitrogen and oxygen atoms in total. The van der Waals surface area contributed by atoms with Gasteiger partial charge in [0.05, 0.1) is 27.1 Å². The number of fused-ring (bicyclic) bond motifs is 1. The van der Waals surface area contributed by atoms with Crippen molar-refractivity contribution in [3.8, 4) is 0 Å². The quantitative estimate of drug-likeness (QED) is 0.404. The van der Waals surface area contributed by atoms with E-state index in [9.17, 15) is 20.2 Å². The predicted molar refractivity (Wildman–Crippen MR) is 80.2 cm³/mol. The fourth-order valence-electron chi connectivity index (χ4n) is 1.95. The van der Waals surface area contributed by atoms with Crippen molar-refractivity contribution in [2.75, 3.05) is 0 Å². The summed E-state index contributed by atoms with van der Waals surface area (Å²) in [5.74, 6) is 0. The van der Waals surface area contributed by atoms with Gasteiger partial charge in [-0.15, -0.1) is 0 Å². The number of hydrogen-bond donors (Lipinski definition) is 0. The van der Waals surface area contributed by atoms with E-state index in [0.717, 1.165) is 17.8 Å². The first-order valence-corrected chi connectivity index (χ1v) is 7.01. The second kappa shape index (κ2) is 5.61. The molecule has 0 unspecified atom stereocenters. The van der Waals surface area contributed by atoms with E-state index in [2.05, 4.69) is 15.0 Å². The first-order chi connectivity index (χ1) is 11.0. The Labute approximate surface area is 132 Å². The molecular weight excluding hydrogens is 324 g/mol. The number of aromatic nitrogens is 4. The molecule has 0 atom stereocenters. The minimum Gasteiger partial charge on any atom is -0.318 e. The molecule has 0 spiro atoms. The van der Waals surface area contributed by atoms with Gasteiger partial charge in [-0.05, 0) is 6.07 Å². The van der Waals surface area contributed by atoms with Gasteiger partial charge in [-0.25, -0.2) is 15.0 Å². The molecule has 3 aromatic rings. The van der Waals surface area contributed by atoms with Gasteiger partial charge in [0.15, 0.2) is 5.65 Å². The molecule has 0 aliphatic carbocycles. The molecule has 23 heavy (non-hydrogen) atoms. The lowest BCUT2D eigenvalue weighted by atomic mass is 10.3. The fraction of sp³-hybridized carbons (Fsp3) is 0.0833. The zero-order valence-electron chi connectivity index (χ0n) is 11.6. The van der Waals surface area contributed by atoms with Crippen molar-refractivity contribution in [1.82, 2.24) is 19.5 Å². The van der Waals surface area contributed by atoms with Crippen LogP contribution in [0.2, 0.25) is 0 Å². The van der Waals surface area contributed by atoms with Crippen LogP contribution in [-0.2, 0) is 7.05 Å². The number of benzene rings is 1. The van der Waals surface area contributed by atoms with E-state index in [0.29, 0.717) is 16.2 Å². The Morgan fingerprint density at radius 3 is 2.61 bits per heavy atom. The van der Waals surface area contributed by atoms with Crippen LogP contribution in [0.1, 0.15) is 0 Å². The second-order valence-electron chi connectivity index (χ2n) is 4.47. The topological polar surface area (TPSA) is 130 Å². The molecule has 2 heterocycles. The number of nitrogens with zero attached hydrogens (tertiary/aromatic N) is 6. The maximum Gasteiger partial charge on any atom is 0.290 e. The third-order valence-corrected chi connectivity index (χ3v) is 4.08. The van der Waals surface area contributed by atoms with Gasteiger partial charge in [0, 0.05) is 13.1 Å². The van der Waals surface area contributed by atoms with Crippen molar-refractivity contribution in [3.05, 3.63) is 51.1 Å². The van der Waals surface area contributed by atoms with Gasteiger partial charge in [0.25, 0.3) is 11.4 Å². The number of hydrogen-bond acceptors (Lipinski definition) is 8. The molecule has 0 aliphatic rings. The summed E-state index contributed by atoms with van der Waals surface area (Å²) in [6, 6.07) is 3.48. The van der Waals surface area contributed by atoms with Gasteiger partial charge in [-0.2, -0.15) is 0 Å². The fourth-order valence-corrected chi connectivity index (χ4v) is 2.87. The number of non-ortho nitro benzene ring substituents is 1. The van der Waals surface area contributed by atoms with Crippen molar-refractivity contribution in [1.29, 1.82) is 0 Å². The minimum atomic E-state index is -0.677. The molecule has 0 amide bonds. The number of rotatable bonds is 4. The van der Waals surface area contributed by atoms with Crippen LogP contribution >= 0.6 is 11.8 Å². The Hall–Kier alpha value is -3.08. The smallest absolute Gasteiger partial charge is 0.290 e. The Balaban J connectivity index is 2.08. The number of imidazole rings is 1. The van der Waals surface area contributed by atoms with Gasteiger partial charge in [-0.3, -0.25) is 20.2 Å². The monoisotopic (exact) mass is 332 g/mol. The molecule has 0 fully saturated rings. The maximum absolute atomic E-state index is 11.2. The summed E-state index contributed by atoms with van der Waals surface area (Å²) in [6.45, 7) is 0.